The zero-order chi connectivity index (χ0) is 11.6. The lowest BCUT2D eigenvalue weighted by Crippen LogP contribution is -2.50. The monoisotopic (exact) mass is 243 g/mol. The Labute approximate surface area is 85.3 Å². The van der Waals surface area contributed by atoms with Crippen LogP contribution < -0.4 is 4.89 Å². The van der Waals surface area contributed by atoms with Gasteiger partial charge in [-0.1, -0.05) is 0 Å². The van der Waals surface area contributed by atoms with Crippen LogP contribution in [0.1, 0.15) is 6.42 Å². The first-order valence-corrected chi connectivity index (χ1v) is 5.67. The molecular weight excluding hydrogens is 231 g/mol. The van der Waals surface area contributed by atoms with Gasteiger partial charge in [-0.05, 0) is 0 Å². The molecule has 1 aliphatic heterocycles. The summed E-state index contributed by atoms with van der Waals surface area (Å²) in [5.41, 5.74) is 0. The van der Waals surface area contributed by atoms with Gasteiger partial charge in [-0.2, -0.15) is 0 Å². The molecule has 1 fully saturated rings. The van der Waals surface area contributed by atoms with Crippen LogP contribution in [0.2, 0.25) is 0 Å². The van der Waals surface area contributed by atoms with Crippen LogP contribution >= 0.6 is 7.82 Å². The summed E-state index contributed by atoms with van der Waals surface area (Å²) in [7, 11) is -4.90. The molecule has 90 valence electrons. The van der Waals surface area contributed by atoms with Crippen molar-refractivity contribution >= 4 is 7.82 Å². The van der Waals surface area contributed by atoms with Crippen molar-refractivity contribution in [2.24, 2.45) is 0 Å². The Morgan fingerprint density at radius 2 is 2.07 bits per heavy atom. The highest BCUT2D eigenvalue weighted by atomic mass is 31.2. The standard InChI is InChI=1S/C6H13O8P/c7-3-1-5(8)14-4(6(3)9)2-13-15(10,11)12/h3-9H,1-2H2,(H2,10,11,12)/p-1. The summed E-state index contributed by atoms with van der Waals surface area (Å²) in [6, 6.07) is 0. The van der Waals surface area contributed by atoms with Crippen LogP contribution in [-0.2, 0) is 13.8 Å². The van der Waals surface area contributed by atoms with Gasteiger partial charge in [0.25, 0.3) is 7.82 Å². The lowest BCUT2D eigenvalue weighted by Gasteiger charge is -2.35. The first-order valence-electron chi connectivity index (χ1n) is 4.17. The van der Waals surface area contributed by atoms with Gasteiger partial charge in [-0.3, -0.25) is 4.57 Å². The molecule has 0 aromatic carbocycles. The first kappa shape index (κ1) is 13.0. The minimum Gasteiger partial charge on any atom is -0.756 e. The summed E-state index contributed by atoms with van der Waals surface area (Å²) >= 11 is 0. The summed E-state index contributed by atoms with van der Waals surface area (Å²) in [5.74, 6) is 0. The zero-order valence-electron chi connectivity index (χ0n) is 7.59. The average Bonchev–Trinajstić information content (AvgIpc) is 2.07. The Morgan fingerprint density at radius 1 is 1.47 bits per heavy atom. The van der Waals surface area contributed by atoms with E-state index >= 15 is 0 Å². The maximum atomic E-state index is 10.2. The molecule has 4 N–H and O–H groups in total. The molecule has 1 rings (SSSR count). The van der Waals surface area contributed by atoms with E-state index in [1.165, 1.54) is 0 Å². The van der Waals surface area contributed by atoms with E-state index in [1.54, 1.807) is 0 Å². The molecule has 0 bridgehead atoms. The Kier molecular flexibility index (Phi) is 4.21. The van der Waals surface area contributed by atoms with Crippen LogP contribution in [0.4, 0.5) is 0 Å². The van der Waals surface area contributed by atoms with Gasteiger partial charge in [0.15, 0.2) is 6.29 Å². The molecule has 5 unspecified atom stereocenters. The maximum Gasteiger partial charge on any atom is 0.265 e. The minimum atomic E-state index is -4.90. The van der Waals surface area contributed by atoms with Crippen molar-refractivity contribution in [2.75, 3.05) is 6.61 Å². The van der Waals surface area contributed by atoms with Gasteiger partial charge in [0.05, 0.1) is 12.7 Å². The van der Waals surface area contributed by atoms with E-state index in [4.69, 9.17) is 14.7 Å². The van der Waals surface area contributed by atoms with Gasteiger partial charge in [-0.25, -0.2) is 0 Å². The molecule has 0 spiro atoms. The molecule has 1 aliphatic rings. The van der Waals surface area contributed by atoms with Crippen LogP contribution in [0, 0.1) is 0 Å². The number of ether oxygens (including phenoxy) is 1. The third-order valence-electron chi connectivity index (χ3n) is 1.95. The summed E-state index contributed by atoms with van der Waals surface area (Å²) in [4.78, 5) is 18.5. The van der Waals surface area contributed by atoms with Gasteiger partial charge < -0.3 is 34.4 Å². The zero-order valence-corrected chi connectivity index (χ0v) is 8.49. The number of rotatable bonds is 3. The van der Waals surface area contributed by atoms with Crippen molar-refractivity contribution in [1.82, 2.24) is 0 Å². The predicted octanol–water partition coefficient (Wildman–Crippen LogP) is -2.71. The number of hydrogen-bond donors (Lipinski definition) is 4. The Hall–Kier alpha value is -0.0500. The average molecular weight is 243 g/mol. The normalized spacial score (nSPS) is 41.1. The highest BCUT2D eigenvalue weighted by Gasteiger charge is 2.36. The fourth-order valence-corrected chi connectivity index (χ4v) is 1.57. The van der Waals surface area contributed by atoms with E-state index in [1.807, 2.05) is 0 Å². The lowest BCUT2D eigenvalue weighted by molar-refractivity contribution is -0.251. The van der Waals surface area contributed by atoms with Gasteiger partial charge in [0.1, 0.15) is 12.2 Å². The smallest absolute Gasteiger partial charge is 0.265 e. The second-order valence-corrected chi connectivity index (χ2v) is 4.38. The van der Waals surface area contributed by atoms with E-state index in [9.17, 15) is 19.7 Å². The number of hydrogen-bond acceptors (Lipinski definition) is 7. The largest absolute Gasteiger partial charge is 0.756 e. The highest BCUT2D eigenvalue weighted by Crippen LogP contribution is 2.32. The van der Waals surface area contributed by atoms with Crippen molar-refractivity contribution in [2.45, 2.75) is 31.0 Å². The number of aliphatic hydroxyl groups excluding tert-OH is 3. The molecule has 0 aromatic rings. The fourth-order valence-electron chi connectivity index (χ4n) is 1.24. The number of phosphoric ester groups is 1. The molecule has 1 saturated heterocycles. The summed E-state index contributed by atoms with van der Waals surface area (Å²) < 4.78 is 18.9. The molecular formula is C6H12O8P-. The van der Waals surface area contributed by atoms with E-state index in [-0.39, 0.29) is 6.42 Å². The van der Waals surface area contributed by atoms with Crippen molar-refractivity contribution in [3.8, 4) is 0 Å². The highest BCUT2D eigenvalue weighted by molar-refractivity contribution is 7.44. The summed E-state index contributed by atoms with van der Waals surface area (Å²) in [6.45, 7) is -0.674. The molecule has 5 atom stereocenters. The van der Waals surface area contributed by atoms with Crippen LogP contribution in [0.15, 0.2) is 0 Å². The molecule has 0 radical (unpaired) electrons. The van der Waals surface area contributed by atoms with Crippen LogP contribution in [-0.4, -0.2) is 51.4 Å². The summed E-state index contributed by atoms with van der Waals surface area (Å²) in [6.07, 6.45) is -5.29. The van der Waals surface area contributed by atoms with Crippen molar-refractivity contribution < 1.29 is 38.9 Å². The van der Waals surface area contributed by atoms with Crippen molar-refractivity contribution in [1.29, 1.82) is 0 Å². The maximum absolute atomic E-state index is 10.2. The predicted molar refractivity (Wildman–Crippen MR) is 43.3 cm³/mol. The SMILES string of the molecule is O=P([O-])(O)OCC1OC(O)CC(O)C1O. The quantitative estimate of drug-likeness (QED) is 0.392. The van der Waals surface area contributed by atoms with E-state index < -0.39 is 39.0 Å². The van der Waals surface area contributed by atoms with E-state index in [0.717, 1.165) is 0 Å². The molecule has 1 heterocycles. The third kappa shape index (κ3) is 4.13. The topological polar surface area (TPSA) is 140 Å². The second kappa shape index (κ2) is 4.86. The Morgan fingerprint density at radius 3 is 2.60 bits per heavy atom. The molecule has 0 aliphatic carbocycles. The van der Waals surface area contributed by atoms with Gasteiger partial charge in [0, 0.05) is 6.42 Å². The summed E-state index contributed by atoms with van der Waals surface area (Å²) in [5, 5.41) is 27.5. The van der Waals surface area contributed by atoms with Crippen LogP contribution in [0.25, 0.3) is 0 Å². The Balaban J connectivity index is 2.49. The number of aliphatic hydroxyl groups is 3. The second-order valence-electron chi connectivity index (χ2n) is 3.19. The third-order valence-corrected chi connectivity index (χ3v) is 2.43. The fraction of sp³-hybridized carbons (Fsp3) is 1.00. The van der Waals surface area contributed by atoms with Crippen molar-refractivity contribution in [3.05, 3.63) is 0 Å². The lowest BCUT2D eigenvalue weighted by atomic mass is 10.0. The molecule has 9 heteroatoms. The minimum absolute atomic E-state index is 0.175. The van der Waals surface area contributed by atoms with E-state index in [0.29, 0.717) is 0 Å². The van der Waals surface area contributed by atoms with Gasteiger partial charge in [0.2, 0.25) is 0 Å². The molecule has 0 amide bonds. The molecule has 0 saturated carbocycles. The van der Waals surface area contributed by atoms with E-state index in [2.05, 4.69) is 4.52 Å². The Bertz CT molecular complexity index is 252. The number of phosphoric acid groups is 1. The molecule has 8 nitrogen and oxygen atoms in total. The molecule has 15 heavy (non-hydrogen) atoms. The van der Waals surface area contributed by atoms with Crippen molar-refractivity contribution in [3.63, 3.8) is 0 Å². The van der Waals surface area contributed by atoms with Crippen LogP contribution in [0.5, 0.6) is 0 Å². The van der Waals surface area contributed by atoms with Gasteiger partial charge >= 0.3 is 0 Å². The first-order chi connectivity index (χ1) is 6.79. The van der Waals surface area contributed by atoms with Crippen LogP contribution in [0.3, 0.4) is 0 Å². The van der Waals surface area contributed by atoms with Gasteiger partial charge in [-0.15, -0.1) is 0 Å². The molecule has 0 aromatic heterocycles.